The predicted octanol–water partition coefficient (Wildman–Crippen LogP) is 3.63. The normalized spacial score (nSPS) is 13.8. The lowest BCUT2D eigenvalue weighted by Crippen LogP contribution is -2.49. The van der Waals surface area contributed by atoms with E-state index in [0.29, 0.717) is 49.0 Å². The molecule has 9 heteroatoms. The summed E-state index contributed by atoms with van der Waals surface area (Å²) in [5.41, 5.74) is 2.30. The maximum atomic E-state index is 13.5. The van der Waals surface area contributed by atoms with Gasteiger partial charge in [0.25, 0.3) is 0 Å². The van der Waals surface area contributed by atoms with Crippen LogP contribution in [0.4, 0.5) is 14.5 Å². The molecule has 4 aromatic rings. The lowest BCUT2D eigenvalue weighted by atomic mass is 10.2. The molecule has 1 aliphatic rings. The number of nitrogens with zero attached hydrogens (tertiary/aromatic N) is 6. The zero-order valence-electron chi connectivity index (χ0n) is 18.3. The van der Waals surface area contributed by atoms with Crippen molar-refractivity contribution in [3.05, 3.63) is 84.7 Å². The van der Waals surface area contributed by atoms with E-state index in [9.17, 15) is 13.6 Å². The van der Waals surface area contributed by atoms with E-state index in [-0.39, 0.29) is 24.1 Å². The molecule has 1 aliphatic heterocycles. The number of amides is 1. The Labute approximate surface area is 195 Å². The van der Waals surface area contributed by atoms with Crippen LogP contribution in [0.3, 0.4) is 0 Å². The number of rotatable bonds is 5. The van der Waals surface area contributed by atoms with Crippen molar-refractivity contribution in [1.29, 1.82) is 0 Å². The summed E-state index contributed by atoms with van der Waals surface area (Å²) in [6.45, 7) is 2.58. The van der Waals surface area contributed by atoms with Crippen molar-refractivity contribution in [2.75, 3.05) is 31.1 Å². The lowest BCUT2D eigenvalue weighted by Gasteiger charge is -2.36. The topological polar surface area (TPSA) is 67.2 Å². The molecule has 0 N–H and O–H groups in total. The van der Waals surface area contributed by atoms with Crippen molar-refractivity contribution in [1.82, 2.24) is 24.6 Å². The molecule has 1 fully saturated rings. The average Bonchev–Trinajstić information content (AvgIpc) is 3.29. The Bertz CT molecular complexity index is 1270. The minimum atomic E-state index is -0.365. The monoisotopic (exact) mass is 460 g/mol. The summed E-state index contributed by atoms with van der Waals surface area (Å²) < 4.78 is 28.4. The highest BCUT2D eigenvalue weighted by Crippen LogP contribution is 2.24. The van der Waals surface area contributed by atoms with E-state index < -0.39 is 0 Å². The van der Waals surface area contributed by atoms with Gasteiger partial charge in [0.2, 0.25) is 5.91 Å². The third-order valence-electron chi connectivity index (χ3n) is 5.81. The Morgan fingerprint density at radius 3 is 2.12 bits per heavy atom. The van der Waals surface area contributed by atoms with Crippen LogP contribution >= 0.6 is 0 Å². The SMILES string of the molecule is O=C(Cn1nc(-c2ccc(F)cc2)nc1-c1ccc(F)cc1)N1CCN(c2cccnc2)CC1. The van der Waals surface area contributed by atoms with Crippen molar-refractivity contribution in [3.8, 4) is 22.8 Å². The molecular weight excluding hydrogens is 438 g/mol. The van der Waals surface area contributed by atoms with E-state index in [4.69, 9.17) is 0 Å². The number of carbonyl (C=O) groups is 1. The number of halogens is 2. The van der Waals surface area contributed by atoms with E-state index in [1.807, 2.05) is 18.3 Å². The Morgan fingerprint density at radius 2 is 1.50 bits per heavy atom. The summed E-state index contributed by atoms with van der Waals surface area (Å²) in [7, 11) is 0. The van der Waals surface area contributed by atoms with Gasteiger partial charge in [0.05, 0.1) is 11.9 Å². The number of aromatic nitrogens is 4. The van der Waals surface area contributed by atoms with Crippen molar-refractivity contribution >= 4 is 11.6 Å². The van der Waals surface area contributed by atoms with E-state index in [1.165, 1.54) is 28.9 Å². The number of hydrogen-bond donors (Lipinski definition) is 0. The Kier molecular flexibility index (Phi) is 5.99. The molecular formula is C25H22F2N6O. The lowest BCUT2D eigenvalue weighted by molar-refractivity contribution is -0.132. The molecule has 0 unspecified atom stereocenters. The van der Waals surface area contributed by atoms with Crippen molar-refractivity contribution in [2.24, 2.45) is 0 Å². The molecule has 2 aromatic heterocycles. The van der Waals surface area contributed by atoms with Gasteiger partial charge in [-0.05, 0) is 60.7 Å². The van der Waals surface area contributed by atoms with Crippen LogP contribution in [-0.2, 0) is 11.3 Å². The molecule has 7 nitrogen and oxygen atoms in total. The number of anilines is 1. The first-order valence-corrected chi connectivity index (χ1v) is 11.0. The Balaban J connectivity index is 1.36. The van der Waals surface area contributed by atoms with Crippen LogP contribution in [0.2, 0.25) is 0 Å². The van der Waals surface area contributed by atoms with E-state index in [1.54, 1.807) is 35.4 Å². The van der Waals surface area contributed by atoms with Crippen LogP contribution in [0.25, 0.3) is 22.8 Å². The fourth-order valence-corrected chi connectivity index (χ4v) is 3.97. The van der Waals surface area contributed by atoms with Gasteiger partial charge < -0.3 is 9.80 Å². The fraction of sp³-hybridized carbons (Fsp3) is 0.200. The number of carbonyl (C=O) groups excluding carboxylic acids is 1. The first-order chi connectivity index (χ1) is 16.6. The second kappa shape index (κ2) is 9.38. The highest BCUT2D eigenvalue weighted by atomic mass is 19.1. The Hall–Kier alpha value is -4.14. The maximum absolute atomic E-state index is 13.5. The summed E-state index contributed by atoms with van der Waals surface area (Å²) in [6, 6.07) is 15.6. The molecule has 3 heterocycles. The second-order valence-electron chi connectivity index (χ2n) is 8.01. The molecule has 0 radical (unpaired) electrons. The molecule has 0 atom stereocenters. The molecule has 0 spiro atoms. The van der Waals surface area contributed by atoms with Gasteiger partial charge in [0.1, 0.15) is 18.2 Å². The average molecular weight is 460 g/mol. The van der Waals surface area contributed by atoms with Crippen molar-refractivity contribution in [2.45, 2.75) is 6.54 Å². The summed E-state index contributed by atoms with van der Waals surface area (Å²) in [6.07, 6.45) is 3.55. The number of pyridine rings is 1. The zero-order chi connectivity index (χ0) is 23.5. The maximum Gasteiger partial charge on any atom is 0.244 e. The molecule has 2 aromatic carbocycles. The van der Waals surface area contributed by atoms with Crippen LogP contribution in [0.5, 0.6) is 0 Å². The van der Waals surface area contributed by atoms with Gasteiger partial charge in [-0.1, -0.05) is 0 Å². The predicted molar refractivity (Wildman–Crippen MR) is 124 cm³/mol. The molecule has 34 heavy (non-hydrogen) atoms. The zero-order valence-corrected chi connectivity index (χ0v) is 18.3. The summed E-state index contributed by atoms with van der Waals surface area (Å²) in [4.78, 5) is 25.9. The van der Waals surface area contributed by atoms with Crippen LogP contribution < -0.4 is 4.90 Å². The Morgan fingerprint density at radius 1 is 0.853 bits per heavy atom. The molecule has 0 aliphatic carbocycles. The minimum absolute atomic E-state index is 0.00615. The first-order valence-electron chi connectivity index (χ1n) is 11.0. The van der Waals surface area contributed by atoms with Crippen molar-refractivity contribution in [3.63, 3.8) is 0 Å². The summed E-state index contributed by atoms with van der Waals surface area (Å²) >= 11 is 0. The quantitative estimate of drug-likeness (QED) is 0.455. The van der Waals surface area contributed by atoms with Crippen LogP contribution in [0.15, 0.2) is 73.1 Å². The van der Waals surface area contributed by atoms with E-state index >= 15 is 0 Å². The summed E-state index contributed by atoms with van der Waals surface area (Å²) in [5, 5.41) is 4.53. The standard InChI is InChI=1S/C25H22F2N6O/c26-20-7-3-18(4-8-20)24-29-25(19-5-9-21(27)10-6-19)33(30-24)17-23(34)32-14-12-31(13-15-32)22-2-1-11-28-16-22/h1-11,16H,12-15,17H2. The van der Waals surface area contributed by atoms with E-state index in [0.717, 1.165) is 5.69 Å². The third kappa shape index (κ3) is 4.63. The molecule has 1 amide bonds. The van der Waals surface area contributed by atoms with Gasteiger partial charge in [-0.3, -0.25) is 9.78 Å². The van der Waals surface area contributed by atoms with Crippen molar-refractivity contribution < 1.29 is 13.6 Å². The minimum Gasteiger partial charge on any atom is -0.367 e. The number of hydrogen-bond acceptors (Lipinski definition) is 5. The molecule has 172 valence electrons. The number of piperazine rings is 1. The summed E-state index contributed by atoms with van der Waals surface area (Å²) in [5.74, 6) is 0.0126. The van der Waals surface area contributed by atoms with Gasteiger partial charge >= 0.3 is 0 Å². The van der Waals surface area contributed by atoms with Crippen LogP contribution in [0, 0.1) is 11.6 Å². The van der Waals surface area contributed by atoms with Gasteiger partial charge in [0, 0.05) is 43.5 Å². The largest absolute Gasteiger partial charge is 0.367 e. The molecule has 0 bridgehead atoms. The molecule has 5 rings (SSSR count). The number of benzene rings is 2. The fourth-order valence-electron chi connectivity index (χ4n) is 3.97. The third-order valence-corrected chi connectivity index (χ3v) is 5.81. The first kappa shape index (κ1) is 21.7. The highest BCUT2D eigenvalue weighted by Gasteiger charge is 2.24. The van der Waals surface area contributed by atoms with Crippen LogP contribution in [-0.4, -0.2) is 56.7 Å². The van der Waals surface area contributed by atoms with E-state index in [2.05, 4.69) is 20.0 Å². The van der Waals surface area contributed by atoms with Gasteiger partial charge in [-0.25, -0.2) is 18.4 Å². The molecule has 1 saturated heterocycles. The van der Waals surface area contributed by atoms with Gasteiger partial charge in [-0.15, -0.1) is 5.10 Å². The smallest absolute Gasteiger partial charge is 0.244 e. The van der Waals surface area contributed by atoms with Crippen LogP contribution in [0.1, 0.15) is 0 Å². The molecule has 0 saturated carbocycles. The van der Waals surface area contributed by atoms with Gasteiger partial charge in [-0.2, -0.15) is 0 Å². The van der Waals surface area contributed by atoms with Gasteiger partial charge in [0.15, 0.2) is 11.6 Å². The highest BCUT2D eigenvalue weighted by molar-refractivity contribution is 5.77. The second-order valence-corrected chi connectivity index (χ2v) is 8.01.